The largest absolute Gasteiger partial charge is 0.497 e. The Morgan fingerprint density at radius 1 is 1.15 bits per heavy atom. The van der Waals surface area contributed by atoms with Gasteiger partial charge in [-0.1, -0.05) is 15.9 Å². The van der Waals surface area contributed by atoms with Gasteiger partial charge < -0.3 is 10.5 Å². The molecule has 2 aromatic rings. The Hall–Kier alpha value is -1.73. The van der Waals surface area contributed by atoms with Crippen LogP contribution >= 0.6 is 15.9 Å². The van der Waals surface area contributed by atoms with Gasteiger partial charge in [0.25, 0.3) is 10.0 Å². The number of hydrogen-bond acceptors (Lipinski definition) is 4. The molecular formula is C13H13BrN2O3S. The van der Waals surface area contributed by atoms with Crippen molar-refractivity contribution in [2.75, 3.05) is 17.6 Å². The Kier molecular flexibility index (Phi) is 4.20. The molecule has 3 N–H and O–H groups in total. The number of sulfonamides is 1. The fourth-order valence-corrected chi connectivity index (χ4v) is 3.05. The van der Waals surface area contributed by atoms with E-state index in [4.69, 9.17) is 10.5 Å². The number of halogens is 1. The number of anilines is 2. The molecule has 0 amide bonds. The minimum Gasteiger partial charge on any atom is -0.497 e. The highest BCUT2D eigenvalue weighted by atomic mass is 79.9. The van der Waals surface area contributed by atoms with Crippen LogP contribution in [0.4, 0.5) is 11.4 Å². The quantitative estimate of drug-likeness (QED) is 0.825. The van der Waals surface area contributed by atoms with Gasteiger partial charge in [-0.25, -0.2) is 8.42 Å². The summed E-state index contributed by atoms with van der Waals surface area (Å²) in [6.45, 7) is 0. The molecule has 0 atom stereocenters. The van der Waals surface area contributed by atoms with E-state index in [1.807, 2.05) is 0 Å². The third kappa shape index (κ3) is 3.23. The van der Waals surface area contributed by atoms with Crippen LogP contribution in [0.15, 0.2) is 51.8 Å². The standard InChI is InChI=1S/C13H13BrN2O3S/c1-19-10-3-5-11(6-4-10)20(17,18)16-13-7-2-9(14)8-12(13)15/h2-8,16H,15H2,1H3. The average Bonchev–Trinajstić information content (AvgIpc) is 2.42. The molecule has 0 aliphatic carbocycles. The molecule has 0 radical (unpaired) electrons. The molecule has 5 nitrogen and oxygen atoms in total. The van der Waals surface area contributed by atoms with Gasteiger partial charge in [-0.05, 0) is 42.5 Å². The van der Waals surface area contributed by atoms with Gasteiger partial charge in [0.1, 0.15) is 5.75 Å². The number of hydrogen-bond donors (Lipinski definition) is 2. The van der Waals surface area contributed by atoms with Crippen molar-refractivity contribution in [1.29, 1.82) is 0 Å². The lowest BCUT2D eigenvalue weighted by Gasteiger charge is -2.11. The molecule has 0 heterocycles. The van der Waals surface area contributed by atoms with Gasteiger partial charge in [0.15, 0.2) is 0 Å². The van der Waals surface area contributed by atoms with E-state index in [0.29, 0.717) is 17.1 Å². The van der Waals surface area contributed by atoms with Gasteiger partial charge in [-0.2, -0.15) is 0 Å². The van der Waals surface area contributed by atoms with Crippen LogP contribution in [-0.2, 0) is 10.0 Å². The molecule has 7 heteroatoms. The number of methoxy groups -OCH3 is 1. The molecule has 0 aliphatic rings. The number of nitrogens with one attached hydrogen (secondary N) is 1. The third-order valence-electron chi connectivity index (χ3n) is 2.63. The van der Waals surface area contributed by atoms with Crippen LogP contribution in [0.2, 0.25) is 0 Å². The minimum atomic E-state index is -3.67. The van der Waals surface area contributed by atoms with Gasteiger partial charge in [0.05, 0.1) is 23.4 Å². The van der Waals surface area contributed by atoms with Crippen LogP contribution in [0.1, 0.15) is 0 Å². The molecule has 0 spiro atoms. The highest BCUT2D eigenvalue weighted by Gasteiger charge is 2.15. The first-order valence-electron chi connectivity index (χ1n) is 5.64. The molecule has 0 fully saturated rings. The second-order valence-electron chi connectivity index (χ2n) is 4.01. The summed E-state index contributed by atoms with van der Waals surface area (Å²) in [5.74, 6) is 0.590. The minimum absolute atomic E-state index is 0.139. The lowest BCUT2D eigenvalue weighted by Crippen LogP contribution is -2.14. The molecular weight excluding hydrogens is 344 g/mol. The molecule has 0 unspecified atom stereocenters. The van der Waals surface area contributed by atoms with Gasteiger partial charge in [0.2, 0.25) is 0 Å². The lowest BCUT2D eigenvalue weighted by molar-refractivity contribution is 0.414. The van der Waals surface area contributed by atoms with Gasteiger partial charge in [-0.15, -0.1) is 0 Å². The lowest BCUT2D eigenvalue weighted by atomic mass is 10.3. The van der Waals surface area contributed by atoms with Gasteiger partial charge >= 0.3 is 0 Å². The first-order valence-corrected chi connectivity index (χ1v) is 7.92. The van der Waals surface area contributed by atoms with Crippen molar-refractivity contribution >= 4 is 37.3 Å². The Morgan fingerprint density at radius 2 is 1.80 bits per heavy atom. The van der Waals surface area contributed by atoms with Crippen molar-refractivity contribution in [3.63, 3.8) is 0 Å². The zero-order valence-corrected chi connectivity index (χ0v) is 13.0. The molecule has 0 saturated heterocycles. The fourth-order valence-electron chi connectivity index (χ4n) is 1.59. The second-order valence-corrected chi connectivity index (χ2v) is 6.61. The van der Waals surface area contributed by atoms with E-state index in [-0.39, 0.29) is 4.90 Å². The topological polar surface area (TPSA) is 81.4 Å². The first-order chi connectivity index (χ1) is 9.42. The van der Waals surface area contributed by atoms with Gasteiger partial charge in [0, 0.05) is 4.47 Å². The fraction of sp³-hybridized carbons (Fsp3) is 0.0769. The summed E-state index contributed by atoms with van der Waals surface area (Å²) in [5, 5.41) is 0. The summed E-state index contributed by atoms with van der Waals surface area (Å²) in [4.78, 5) is 0.139. The maximum atomic E-state index is 12.2. The van der Waals surface area contributed by atoms with Crippen LogP contribution in [0.25, 0.3) is 0 Å². The number of nitrogen functional groups attached to an aromatic ring is 1. The second kappa shape index (κ2) is 5.72. The van der Waals surface area contributed by atoms with Crippen molar-refractivity contribution in [2.45, 2.75) is 4.90 Å². The molecule has 0 bridgehead atoms. The maximum Gasteiger partial charge on any atom is 0.261 e. The number of benzene rings is 2. The van der Waals surface area contributed by atoms with E-state index in [1.165, 1.54) is 19.2 Å². The van der Waals surface area contributed by atoms with E-state index in [9.17, 15) is 8.42 Å². The monoisotopic (exact) mass is 356 g/mol. The Labute approximate surface area is 125 Å². The summed E-state index contributed by atoms with van der Waals surface area (Å²) in [6, 6.07) is 11.0. The van der Waals surface area contributed by atoms with Crippen molar-refractivity contribution in [1.82, 2.24) is 0 Å². The highest BCUT2D eigenvalue weighted by Crippen LogP contribution is 2.26. The maximum absolute atomic E-state index is 12.2. The average molecular weight is 357 g/mol. The Balaban J connectivity index is 2.30. The number of ether oxygens (including phenoxy) is 1. The molecule has 2 rings (SSSR count). The smallest absolute Gasteiger partial charge is 0.261 e. The van der Waals surface area contributed by atoms with Crippen LogP contribution in [0.3, 0.4) is 0 Å². The van der Waals surface area contributed by atoms with E-state index >= 15 is 0 Å². The van der Waals surface area contributed by atoms with E-state index in [1.54, 1.807) is 30.3 Å². The highest BCUT2D eigenvalue weighted by molar-refractivity contribution is 9.10. The van der Waals surface area contributed by atoms with E-state index < -0.39 is 10.0 Å². The summed E-state index contributed by atoms with van der Waals surface area (Å²) in [7, 11) is -2.16. The molecule has 0 aliphatic heterocycles. The predicted octanol–water partition coefficient (Wildman–Crippen LogP) is 2.84. The SMILES string of the molecule is COc1ccc(S(=O)(=O)Nc2ccc(Br)cc2N)cc1. The molecule has 20 heavy (non-hydrogen) atoms. The molecule has 0 saturated carbocycles. The molecule has 2 aromatic carbocycles. The summed E-state index contributed by atoms with van der Waals surface area (Å²) < 4.78 is 32.7. The van der Waals surface area contributed by atoms with Crippen molar-refractivity contribution in [3.05, 3.63) is 46.9 Å². The van der Waals surface area contributed by atoms with E-state index in [2.05, 4.69) is 20.7 Å². The molecule has 106 valence electrons. The van der Waals surface area contributed by atoms with Crippen LogP contribution in [0.5, 0.6) is 5.75 Å². The zero-order chi connectivity index (χ0) is 14.8. The van der Waals surface area contributed by atoms with Crippen molar-refractivity contribution in [2.24, 2.45) is 0 Å². The van der Waals surface area contributed by atoms with Crippen LogP contribution in [0, 0.1) is 0 Å². The van der Waals surface area contributed by atoms with Crippen molar-refractivity contribution < 1.29 is 13.2 Å². The zero-order valence-electron chi connectivity index (χ0n) is 10.6. The predicted molar refractivity (Wildman–Crippen MR) is 82.4 cm³/mol. The number of nitrogens with two attached hydrogens (primary N) is 1. The van der Waals surface area contributed by atoms with Crippen LogP contribution < -0.4 is 15.2 Å². The molecule has 0 aromatic heterocycles. The third-order valence-corrected chi connectivity index (χ3v) is 4.50. The number of rotatable bonds is 4. The van der Waals surface area contributed by atoms with Crippen LogP contribution in [-0.4, -0.2) is 15.5 Å². The Bertz CT molecular complexity index is 715. The van der Waals surface area contributed by atoms with Gasteiger partial charge in [-0.3, -0.25) is 4.72 Å². The summed E-state index contributed by atoms with van der Waals surface area (Å²) in [5.41, 5.74) is 6.46. The summed E-state index contributed by atoms with van der Waals surface area (Å²) in [6.07, 6.45) is 0. The first kappa shape index (κ1) is 14.7. The van der Waals surface area contributed by atoms with Crippen molar-refractivity contribution in [3.8, 4) is 5.75 Å². The summed E-state index contributed by atoms with van der Waals surface area (Å²) >= 11 is 3.27. The van der Waals surface area contributed by atoms with E-state index in [0.717, 1.165) is 4.47 Å². The normalized spacial score (nSPS) is 11.1. The Morgan fingerprint density at radius 3 is 2.35 bits per heavy atom.